The van der Waals surface area contributed by atoms with Crippen molar-refractivity contribution in [1.29, 1.82) is 0 Å². The highest BCUT2D eigenvalue weighted by molar-refractivity contribution is 6.29. The predicted molar refractivity (Wildman–Crippen MR) is 78.5 cm³/mol. The molecule has 1 atom stereocenters. The first-order valence-corrected chi connectivity index (χ1v) is 7.08. The van der Waals surface area contributed by atoms with Gasteiger partial charge in [-0.25, -0.2) is 4.98 Å². The van der Waals surface area contributed by atoms with E-state index in [0.29, 0.717) is 11.2 Å². The van der Waals surface area contributed by atoms with Crippen LogP contribution < -0.4 is 5.32 Å². The van der Waals surface area contributed by atoms with E-state index in [2.05, 4.69) is 47.2 Å². The Labute approximate surface area is 119 Å². The maximum atomic E-state index is 6.00. The molecule has 19 heavy (non-hydrogen) atoms. The zero-order chi connectivity index (χ0) is 13.8. The molecule has 0 aliphatic rings. The molecule has 0 fully saturated rings. The van der Waals surface area contributed by atoms with Crippen molar-refractivity contribution < 1.29 is 0 Å². The van der Waals surface area contributed by atoms with Crippen LogP contribution in [0, 0.1) is 0 Å². The van der Waals surface area contributed by atoms with E-state index in [9.17, 15) is 0 Å². The van der Waals surface area contributed by atoms with Gasteiger partial charge in [0.1, 0.15) is 11.0 Å². The van der Waals surface area contributed by atoms with Crippen LogP contribution in [-0.4, -0.2) is 20.7 Å². The highest BCUT2D eigenvalue weighted by Gasteiger charge is 2.10. The quantitative estimate of drug-likeness (QED) is 0.883. The summed E-state index contributed by atoms with van der Waals surface area (Å²) in [4.78, 5) is 4.32. The summed E-state index contributed by atoms with van der Waals surface area (Å²) in [6.07, 6.45) is 7.05. The van der Waals surface area contributed by atoms with Gasteiger partial charge >= 0.3 is 0 Å². The number of aromatic nitrogens is 3. The summed E-state index contributed by atoms with van der Waals surface area (Å²) in [7, 11) is 1.93. The summed E-state index contributed by atoms with van der Waals surface area (Å²) in [6.45, 7) is 6.06. The van der Waals surface area contributed by atoms with Crippen molar-refractivity contribution in [2.24, 2.45) is 7.05 Å². The minimum absolute atomic E-state index is 0.427. The summed E-state index contributed by atoms with van der Waals surface area (Å²) in [5, 5.41) is 4.15. The first kappa shape index (κ1) is 14.2. The first-order chi connectivity index (χ1) is 9.15. The molecule has 4 nitrogen and oxygen atoms in total. The van der Waals surface area contributed by atoms with Crippen LogP contribution in [0.4, 0.5) is 0 Å². The maximum absolute atomic E-state index is 6.00. The minimum atomic E-state index is 0.427. The second-order valence-electron chi connectivity index (χ2n) is 4.69. The molecule has 0 aliphatic heterocycles. The first-order valence-electron chi connectivity index (χ1n) is 6.70. The van der Waals surface area contributed by atoms with Gasteiger partial charge in [0.2, 0.25) is 0 Å². The zero-order valence-electron chi connectivity index (χ0n) is 11.7. The number of rotatable bonds is 6. The van der Waals surface area contributed by atoms with Crippen LogP contribution in [0.2, 0.25) is 5.15 Å². The second-order valence-corrected chi connectivity index (χ2v) is 5.08. The Bertz CT molecular complexity index is 529. The van der Waals surface area contributed by atoms with Crippen molar-refractivity contribution >= 4 is 11.6 Å². The summed E-state index contributed by atoms with van der Waals surface area (Å²) in [5.74, 6) is 0.962. The lowest BCUT2D eigenvalue weighted by Gasteiger charge is -2.14. The second kappa shape index (κ2) is 6.26. The summed E-state index contributed by atoms with van der Waals surface area (Å²) in [6, 6.07) is 2.60. The highest BCUT2D eigenvalue weighted by atomic mass is 35.5. The van der Waals surface area contributed by atoms with Gasteiger partial charge in [0.15, 0.2) is 0 Å². The normalized spacial score (nSPS) is 12.8. The van der Waals surface area contributed by atoms with Crippen LogP contribution in [0.1, 0.15) is 37.7 Å². The third-order valence-corrected chi connectivity index (χ3v) is 3.74. The molecule has 0 radical (unpaired) electrons. The lowest BCUT2D eigenvalue weighted by molar-refractivity contribution is 0.536. The van der Waals surface area contributed by atoms with Gasteiger partial charge in [-0.2, -0.15) is 0 Å². The Balaban J connectivity index is 2.10. The van der Waals surface area contributed by atoms with E-state index in [1.54, 1.807) is 6.20 Å². The molecule has 0 saturated carbocycles. The van der Waals surface area contributed by atoms with Crippen LogP contribution in [-0.2, 0) is 13.6 Å². The Morgan fingerprint density at radius 2 is 2.21 bits per heavy atom. The fourth-order valence-electron chi connectivity index (χ4n) is 2.24. The molecule has 2 rings (SSSR count). The van der Waals surface area contributed by atoms with Crippen LogP contribution in [0.5, 0.6) is 0 Å². The maximum Gasteiger partial charge on any atom is 0.129 e. The van der Waals surface area contributed by atoms with Gasteiger partial charge in [-0.1, -0.05) is 25.4 Å². The van der Waals surface area contributed by atoms with Crippen molar-refractivity contribution in [3.63, 3.8) is 0 Å². The average Bonchev–Trinajstić information content (AvgIpc) is 2.98. The van der Waals surface area contributed by atoms with E-state index >= 15 is 0 Å². The molecule has 2 aromatic heterocycles. The monoisotopic (exact) mass is 280 g/mol. The summed E-state index contributed by atoms with van der Waals surface area (Å²) >= 11 is 6.00. The van der Waals surface area contributed by atoms with Gasteiger partial charge in [0, 0.05) is 25.5 Å². The smallest absolute Gasteiger partial charge is 0.129 e. The molecule has 2 heterocycles. The molecule has 0 spiro atoms. The van der Waals surface area contributed by atoms with Crippen LogP contribution >= 0.6 is 11.6 Å². The van der Waals surface area contributed by atoms with Crippen molar-refractivity contribution in [2.45, 2.75) is 32.9 Å². The van der Waals surface area contributed by atoms with Gasteiger partial charge in [0.25, 0.3) is 0 Å². The van der Waals surface area contributed by atoms with Crippen molar-refractivity contribution in [1.82, 2.24) is 19.4 Å². The lowest BCUT2D eigenvalue weighted by atomic mass is 10.1. The molecule has 0 saturated heterocycles. The molecule has 1 unspecified atom stereocenters. The minimum Gasteiger partial charge on any atom is -0.346 e. The fraction of sp³-hybridized carbons (Fsp3) is 0.500. The molecule has 0 aliphatic carbocycles. The Hall–Kier alpha value is -1.26. The molecule has 0 bridgehead atoms. The molecule has 104 valence electrons. The van der Waals surface area contributed by atoms with E-state index in [4.69, 9.17) is 11.6 Å². The lowest BCUT2D eigenvalue weighted by Crippen LogP contribution is -2.19. The van der Waals surface area contributed by atoms with Gasteiger partial charge in [-0.3, -0.25) is 0 Å². The number of nitrogens with zero attached hydrogens (tertiary/aromatic N) is 3. The molecular formula is C14H21ClN4. The Kier molecular flexibility index (Phi) is 4.66. The predicted octanol–water partition coefficient (Wildman–Crippen LogP) is 2.98. The third-order valence-electron chi connectivity index (χ3n) is 3.39. The van der Waals surface area contributed by atoms with Gasteiger partial charge in [-0.05, 0) is 24.6 Å². The molecular weight excluding hydrogens is 260 g/mol. The fourth-order valence-corrected chi connectivity index (χ4v) is 2.39. The van der Waals surface area contributed by atoms with E-state index in [-0.39, 0.29) is 0 Å². The van der Waals surface area contributed by atoms with Crippen molar-refractivity contribution in [3.8, 4) is 0 Å². The standard InChI is InChI=1S/C14H21ClN4/c1-4-12(16-5-2)11-6-7-19(9-11)10-14-17-8-13(15)18(14)3/h6-9,12,16H,4-5,10H2,1-3H3. The number of hydrogen-bond donors (Lipinski definition) is 1. The Morgan fingerprint density at radius 1 is 1.42 bits per heavy atom. The largest absolute Gasteiger partial charge is 0.346 e. The number of imidazole rings is 1. The number of halogens is 1. The average molecular weight is 281 g/mol. The van der Waals surface area contributed by atoms with Gasteiger partial charge in [-0.15, -0.1) is 0 Å². The third kappa shape index (κ3) is 3.19. The van der Waals surface area contributed by atoms with Crippen LogP contribution in [0.3, 0.4) is 0 Å². The molecule has 0 amide bonds. The highest BCUT2D eigenvalue weighted by Crippen LogP contribution is 2.18. The molecule has 2 aromatic rings. The summed E-state index contributed by atoms with van der Waals surface area (Å²) in [5.41, 5.74) is 1.32. The van der Waals surface area contributed by atoms with Crippen molar-refractivity contribution in [2.75, 3.05) is 6.54 Å². The van der Waals surface area contributed by atoms with E-state index in [1.807, 2.05) is 11.6 Å². The molecule has 0 aromatic carbocycles. The number of hydrogen-bond acceptors (Lipinski definition) is 2. The Morgan fingerprint density at radius 3 is 2.79 bits per heavy atom. The zero-order valence-corrected chi connectivity index (χ0v) is 12.5. The van der Waals surface area contributed by atoms with E-state index in [1.165, 1.54) is 5.56 Å². The van der Waals surface area contributed by atoms with Crippen LogP contribution in [0.15, 0.2) is 24.7 Å². The number of nitrogens with one attached hydrogen (secondary N) is 1. The SMILES string of the molecule is CCNC(CC)c1ccn(Cc2ncc(Cl)n2C)c1. The van der Waals surface area contributed by atoms with Crippen LogP contribution in [0.25, 0.3) is 0 Å². The van der Waals surface area contributed by atoms with Gasteiger partial charge in [0.05, 0.1) is 12.7 Å². The van der Waals surface area contributed by atoms with E-state index in [0.717, 1.165) is 25.3 Å². The topological polar surface area (TPSA) is 34.8 Å². The molecule has 5 heteroatoms. The molecule has 1 N–H and O–H groups in total. The summed E-state index contributed by atoms with van der Waals surface area (Å²) < 4.78 is 4.05. The van der Waals surface area contributed by atoms with E-state index < -0.39 is 0 Å². The van der Waals surface area contributed by atoms with Crippen molar-refractivity contribution in [3.05, 3.63) is 41.2 Å². The van der Waals surface area contributed by atoms with Gasteiger partial charge < -0.3 is 14.5 Å².